The Morgan fingerprint density at radius 3 is 2.14 bits per heavy atom. The fraction of sp³-hybridized carbons (Fsp3) is 0.900. The summed E-state index contributed by atoms with van der Waals surface area (Å²) in [6.45, 7) is 7.38. The standard InChI is InChI=1S/C10H18N2O.ClH/c1-7-5-12(6-8(7)2)10(13)9-3-4-11-9;/h7-9,11H,3-6H2,1-2H3;1H/t7?,8?,9-;/m1./s1. The summed E-state index contributed by atoms with van der Waals surface area (Å²) in [5, 5.41) is 3.16. The number of nitrogens with zero attached hydrogens (tertiary/aromatic N) is 1. The summed E-state index contributed by atoms with van der Waals surface area (Å²) in [5.74, 6) is 1.66. The number of halogens is 1. The van der Waals surface area contributed by atoms with Gasteiger partial charge in [0.2, 0.25) is 5.91 Å². The van der Waals surface area contributed by atoms with Crippen LogP contribution in [0.2, 0.25) is 0 Å². The molecule has 2 saturated heterocycles. The molecule has 0 aromatic heterocycles. The number of hydrogen-bond donors (Lipinski definition) is 1. The fourth-order valence-electron chi connectivity index (χ4n) is 2.03. The first-order valence-electron chi connectivity index (χ1n) is 5.20. The maximum atomic E-state index is 11.8. The molecule has 1 amide bonds. The number of nitrogens with one attached hydrogen (secondary N) is 1. The highest BCUT2D eigenvalue weighted by molar-refractivity contribution is 5.85. The van der Waals surface area contributed by atoms with Crippen molar-refractivity contribution in [3.63, 3.8) is 0 Å². The molecule has 0 radical (unpaired) electrons. The molecule has 0 spiro atoms. The molecular formula is C10H19ClN2O. The van der Waals surface area contributed by atoms with Crippen LogP contribution in [-0.2, 0) is 4.79 Å². The monoisotopic (exact) mass is 218 g/mol. The van der Waals surface area contributed by atoms with Gasteiger partial charge in [0.15, 0.2) is 0 Å². The summed E-state index contributed by atoms with van der Waals surface area (Å²) in [6.07, 6.45) is 1.03. The summed E-state index contributed by atoms with van der Waals surface area (Å²) < 4.78 is 0. The van der Waals surface area contributed by atoms with Crippen molar-refractivity contribution in [2.75, 3.05) is 19.6 Å². The highest BCUT2D eigenvalue weighted by Gasteiger charge is 2.34. The summed E-state index contributed by atoms with van der Waals surface area (Å²) in [7, 11) is 0. The van der Waals surface area contributed by atoms with Crippen LogP contribution in [0.1, 0.15) is 20.3 Å². The van der Waals surface area contributed by atoms with E-state index in [1.807, 2.05) is 4.90 Å². The van der Waals surface area contributed by atoms with Gasteiger partial charge in [0, 0.05) is 13.1 Å². The lowest BCUT2D eigenvalue weighted by molar-refractivity contribution is -0.134. The molecule has 3 atom stereocenters. The van der Waals surface area contributed by atoms with Gasteiger partial charge in [0.1, 0.15) is 0 Å². The van der Waals surface area contributed by atoms with E-state index < -0.39 is 0 Å². The van der Waals surface area contributed by atoms with E-state index in [4.69, 9.17) is 0 Å². The van der Waals surface area contributed by atoms with Gasteiger partial charge in [-0.25, -0.2) is 0 Å². The second kappa shape index (κ2) is 4.49. The van der Waals surface area contributed by atoms with Crippen LogP contribution in [-0.4, -0.2) is 36.5 Å². The maximum Gasteiger partial charge on any atom is 0.239 e. The Bertz CT molecular complexity index is 208. The van der Waals surface area contributed by atoms with Crippen LogP contribution in [0.15, 0.2) is 0 Å². The second-order valence-corrected chi connectivity index (χ2v) is 4.49. The van der Waals surface area contributed by atoms with Gasteiger partial charge in [-0.3, -0.25) is 4.79 Å². The van der Waals surface area contributed by atoms with Crippen molar-refractivity contribution in [3.05, 3.63) is 0 Å². The van der Waals surface area contributed by atoms with Crippen molar-refractivity contribution < 1.29 is 4.79 Å². The zero-order valence-corrected chi connectivity index (χ0v) is 9.64. The van der Waals surface area contributed by atoms with Gasteiger partial charge < -0.3 is 10.2 Å². The minimum atomic E-state index is 0. The molecule has 0 aromatic carbocycles. The summed E-state index contributed by atoms with van der Waals surface area (Å²) in [5.41, 5.74) is 0. The van der Waals surface area contributed by atoms with Crippen molar-refractivity contribution in [3.8, 4) is 0 Å². The zero-order chi connectivity index (χ0) is 9.42. The molecule has 2 aliphatic heterocycles. The van der Waals surface area contributed by atoms with E-state index in [2.05, 4.69) is 19.2 Å². The van der Waals surface area contributed by atoms with Crippen LogP contribution >= 0.6 is 12.4 Å². The predicted octanol–water partition coefficient (Wildman–Crippen LogP) is 0.885. The molecule has 0 aliphatic carbocycles. The normalized spacial score (nSPS) is 36.1. The van der Waals surface area contributed by atoms with Gasteiger partial charge in [-0.05, 0) is 24.8 Å². The molecule has 2 rings (SSSR count). The van der Waals surface area contributed by atoms with Crippen LogP contribution in [0, 0.1) is 11.8 Å². The van der Waals surface area contributed by atoms with E-state index in [1.165, 1.54) is 0 Å². The van der Waals surface area contributed by atoms with E-state index in [9.17, 15) is 4.79 Å². The Morgan fingerprint density at radius 1 is 1.29 bits per heavy atom. The number of rotatable bonds is 1. The van der Waals surface area contributed by atoms with Gasteiger partial charge in [-0.15, -0.1) is 12.4 Å². The molecule has 2 aliphatic rings. The highest BCUT2D eigenvalue weighted by Crippen LogP contribution is 2.23. The molecule has 0 saturated carbocycles. The molecule has 2 heterocycles. The molecule has 2 fully saturated rings. The van der Waals surface area contributed by atoms with Crippen molar-refractivity contribution in [2.45, 2.75) is 26.3 Å². The molecule has 3 nitrogen and oxygen atoms in total. The lowest BCUT2D eigenvalue weighted by atomic mass is 10.0. The van der Waals surface area contributed by atoms with Gasteiger partial charge in [-0.1, -0.05) is 13.8 Å². The van der Waals surface area contributed by atoms with Gasteiger partial charge >= 0.3 is 0 Å². The van der Waals surface area contributed by atoms with Crippen molar-refractivity contribution in [1.82, 2.24) is 10.2 Å². The summed E-state index contributed by atoms with van der Waals surface area (Å²) in [4.78, 5) is 13.8. The Labute approximate surface area is 91.6 Å². The first-order chi connectivity index (χ1) is 6.18. The number of carbonyl (C=O) groups excluding carboxylic acids is 1. The van der Waals surface area contributed by atoms with E-state index in [0.29, 0.717) is 17.7 Å². The summed E-state index contributed by atoms with van der Waals surface area (Å²) >= 11 is 0. The molecule has 0 aromatic rings. The van der Waals surface area contributed by atoms with Gasteiger partial charge in [0.25, 0.3) is 0 Å². The Kier molecular flexibility index (Phi) is 3.78. The molecule has 4 heteroatoms. The molecule has 0 bridgehead atoms. The minimum absolute atomic E-state index is 0. The number of carbonyl (C=O) groups is 1. The summed E-state index contributed by atoms with van der Waals surface area (Å²) in [6, 6.07) is 0.137. The Hall–Kier alpha value is -0.280. The lowest BCUT2D eigenvalue weighted by Gasteiger charge is -2.30. The van der Waals surface area contributed by atoms with Gasteiger partial charge in [-0.2, -0.15) is 0 Å². The quantitative estimate of drug-likeness (QED) is 0.709. The topological polar surface area (TPSA) is 32.3 Å². The van der Waals surface area contributed by atoms with Crippen LogP contribution in [0.25, 0.3) is 0 Å². The average molecular weight is 219 g/mol. The third kappa shape index (κ3) is 2.04. The predicted molar refractivity (Wildman–Crippen MR) is 58.6 cm³/mol. The van der Waals surface area contributed by atoms with E-state index in [-0.39, 0.29) is 18.4 Å². The first-order valence-corrected chi connectivity index (χ1v) is 5.20. The van der Waals surface area contributed by atoms with Crippen LogP contribution < -0.4 is 5.32 Å². The minimum Gasteiger partial charge on any atom is -0.341 e. The van der Waals surface area contributed by atoms with Crippen molar-refractivity contribution >= 4 is 18.3 Å². The Balaban J connectivity index is 0.000000980. The fourth-order valence-corrected chi connectivity index (χ4v) is 2.03. The molecule has 14 heavy (non-hydrogen) atoms. The van der Waals surface area contributed by atoms with E-state index in [0.717, 1.165) is 26.1 Å². The molecule has 82 valence electrons. The van der Waals surface area contributed by atoms with E-state index in [1.54, 1.807) is 0 Å². The van der Waals surface area contributed by atoms with Gasteiger partial charge in [0.05, 0.1) is 6.04 Å². The van der Waals surface area contributed by atoms with Crippen molar-refractivity contribution in [1.29, 1.82) is 0 Å². The largest absolute Gasteiger partial charge is 0.341 e. The SMILES string of the molecule is CC1CN(C(=O)[C@H]2CCN2)CC1C.Cl. The average Bonchev–Trinajstić information content (AvgIpc) is 2.28. The zero-order valence-electron chi connectivity index (χ0n) is 8.82. The Morgan fingerprint density at radius 2 is 1.79 bits per heavy atom. The van der Waals surface area contributed by atoms with Crippen LogP contribution in [0.5, 0.6) is 0 Å². The molecular weight excluding hydrogens is 200 g/mol. The number of likely N-dealkylation sites (tertiary alicyclic amines) is 1. The smallest absolute Gasteiger partial charge is 0.239 e. The van der Waals surface area contributed by atoms with E-state index >= 15 is 0 Å². The van der Waals surface area contributed by atoms with Crippen LogP contribution in [0.3, 0.4) is 0 Å². The molecule has 1 N–H and O–H groups in total. The third-order valence-electron chi connectivity index (χ3n) is 3.42. The maximum absolute atomic E-state index is 11.8. The first kappa shape index (κ1) is 11.8. The highest BCUT2D eigenvalue weighted by atomic mass is 35.5. The number of hydrogen-bond acceptors (Lipinski definition) is 2. The van der Waals surface area contributed by atoms with Crippen LogP contribution in [0.4, 0.5) is 0 Å². The second-order valence-electron chi connectivity index (χ2n) is 4.49. The number of amides is 1. The van der Waals surface area contributed by atoms with Crippen molar-refractivity contribution in [2.24, 2.45) is 11.8 Å². The molecule has 2 unspecified atom stereocenters. The lowest BCUT2D eigenvalue weighted by Crippen LogP contribution is -2.54. The third-order valence-corrected chi connectivity index (χ3v) is 3.42.